The van der Waals surface area contributed by atoms with Gasteiger partial charge in [-0.1, -0.05) is 30.3 Å². The number of anilines is 1. The number of thiophene rings is 1. The number of carbonyl (C=O) groups excluding carboxylic acids is 3. The summed E-state index contributed by atoms with van der Waals surface area (Å²) in [5.74, 6) is -1.75. The van der Waals surface area contributed by atoms with Gasteiger partial charge >= 0.3 is 11.9 Å². The molecule has 7 nitrogen and oxygen atoms in total. The maximum Gasteiger partial charge on any atom is 0.341 e. The molecule has 0 atom stereocenters. The molecule has 0 aliphatic rings. The molecule has 1 amide bonds. The van der Waals surface area contributed by atoms with Gasteiger partial charge in [0, 0.05) is 23.3 Å². The predicted octanol–water partition coefficient (Wildman–Crippen LogP) is 3.78. The molecule has 0 aliphatic carbocycles. The van der Waals surface area contributed by atoms with Gasteiger partial charge in [-0.05, 0) is 24.6 Å². The van der Waals surface area contributed by atoms with E-state index in [1.165, 1.54) is 29.8 Å². The summed E-state index contributed by atoms with van der Waals surface area (Å²) in [6, 6.07) is 12.5. The van der Waals surface area contributed by atoms with Crippen molar-refractivity contribution in [2.24, 2.45) is 0 Å². The minimum absolute atomic E-state index is 0.207. The molecular formula is C21H18N2O5S. The van der Waals surface area contributed by atoms with E-state index in [9.17, 15) is 14.4 Å². The van der Waals surface area contributed by atoms with Crippen molar-refractivity contribution in [3.8, 4) is 11.1 Å². The summed E-state index contributed by atoms with van der Waals surface area (Å²) in [5.41, 5.74) is 2.01. The Bertz CT molecular complexity index is 1000. The second-order valence-corrected chi connectivity index (χ2v) is 6.69. The van der Waals surface area contributed by atoms with Gasteiger partial charge in [0.1, 0.15) is 10.6 Å². The molecule has 8 heteroatoms. The topological polar surface area (TPSA) is 94.6 Å². The van der Waals surface area contributed by atoms with Crippen molar-refractivity contribution >= 4 is 34.2 Å². The molecule has 2 aromatic heterocycles. The third-order valence-corrected chi connectivity index (χ3v) is 4.74. The van der Waals surface area contributed by atoms with Crippen LogP contribution in [0.15, 0.2) is 60.2 Å². The van der Waals surface area contributed by atoms with Crippen molar-refractivity contribution in [1.29, 1.82) is 0 Å². The molecular weight excluding hydrogens is 392 g/mol. The van der Waals surface area contributed by atoms with Crippen LogP contribution in [0.4, 0.5) is 5.00 Å². The van der Waals surface area contributed by atoms with Gasteiger partial charge in [-0.3, -0.25) is 9.78 Å². The zero-order valence-corrected chi connectivity index (χ0v) is 16.4. The molecule has 0 radical (unpaired) electrons. The first-order chi connectivity index (χ1) is 14.1. The molecule has 0 unspecified atom stereocenters. The average molecular weight is 410 g/mol. The number of amides is 1. The number of carbonyl (C=O) groups is 3. The molecule has 29 heavy (non-hydrogen) atoms. The number of nitrogens with one attached hydrogen (secondary N) is 1. The summed E-state index contributed by atoms with van der Waals surface area (Å²) in [6.07, 6.45) is 2.88. The Morgan fingerprint density at radius 2 is 1.83 bits per heavy atom. The van der Waals surface area contributed by atoms with Gasteiger partial charge in [-0.15, -0.1) is 11.3 Å². The van der Waals surface area contributed by atoms with Crippen molar-refractivity contribution in [2.45, 2.75) is 6.92 Å². The third-order valence-electron chi connectivity index (χ3n) is 3.84. The lowest BCUT2D eigenvalue weighted by molar-refractivity contribution is -0.119. The second-order valence-electron chi connectivity index (χ2n) is 5.81. The maximum absolute atomic E-state index is 12.5. The zero-order chi connectivity index (χ0) is 20.6. The van der Waals surface area contributed by atoms with Crippen LogP contribution in [0.2, 0.25) is 0 Å². The molecule has 0 saturated heterocycles. The van der Waals surface area contributed by atoms with Gasteiger partial charge in [-0.25, -0.2) is 9.59 Å². The normalized spacial score (nSPS) is 10.2. The highest BCUT2D eigenvalue weighted by Gasteiger charge is 2.23. The van der Waals surface area contributed by atoms with Crippen molar-refractivity contribution in [3.05, 3.63) is 71.4 Å². The summed E-state index contributed by atoms with van der Waals surface area (Å²) in [4.78, 5) is 40.5. The monoisotopic (exact) mass is 410 g/mol. The summed E-state index contributed by atoms with van der Waals surface area (Å²) in [5, 5.41) is 4.75. The van der Waals surface area contributed by atoms with E-state index in [-0.39, 0.29) is 17.7 Å². The van der Waals surface area contributed by atoms with Crippen LogP contribution in [0.3, 0.4) is 0 Å². The Balaban J connectivity index is 1.74. The standard InChI is InChI=1S/C21H18N2O5S/c1-2-27-21(26)18-16(14-7-4-3-5-8-14)13-29-19(18)23-17(24)12-28-20(25)15-9-6-10-22-11-15/h3-11,13H,2,12H2,1H3,(H,23,24). The van der Waals surface area contributed by atoms with Gasteiger partial charge in [0.25, 0.3) is 5.91 Å². The highest BCUT2D eigenvalue weighted by molar-refractivity contribution is 7.15. The van der Waals surface area contributed by atoms with Crippen molar-refractivity contribution in [2.75, 3.05) is 18.5 Å². The van der Waals surface area contributed by atoms with E-state index in [1.807, 2.05) is 30.3 Å². The molecule has 0 fully saturated rings. The largest absolute Gasteiger partial charge is 0.462 e. The first kappa shape index (κ1) is 20.2. The molecule has 1 aromatic carbocycles. The Morgan fingerprint density at radius 1 is 1.03 bits per heavy atom. The van der Waals surface area contributed by atoms with Crippen molar-refractivity contribution < 1.29 is 23.9 Å². The number of nitrogens with zero attached hydrogens (tertiary/aromatic N) is 1. The molecule has 0 spiro atoms. The molecule has 3 rings (SSSR count). The van der Waals surface area contributed by atoms with Crippen LogP contribution in [0, 0.1) is 0 Å². The number of esters is 2. The van der Waals surface area contributed by atoms with Gasteiger partial charge < -0.3 is 14.8 Å². The molecule has 2 heterocycles. The van der Waals surface area contributed by atoms with Gasteiger partial charge in [-0.2, -0.15) is 0 Å². The van der Waals surface area contributed by atoms with Gasteiger partial charge in [0.2, 0.25) is 0 Å². The van der Waals surface area contributed by atoms with Crippen LogP contribution in [0.25, 0.3) is 11.1 Å². The molecule has 0 bridgehead atoms. The number of rotatable bonds is 7. The van der Waals surface area contributed by atoms with Crippen LogP contribution >= 0.6 is 11.3 Å². The van der Waals surface area contributed by atoms with E-state index in [4.69, 9.17) is 9.47 Å². The molecule has 0 aliphatic heterocycles. The van der Waals surface area contributed by atoms with Crippen molar-refractivity contribution in [3.63, 3.8) is 0 Å². The first-order valence-electron chi connectivity index (χ1n) is 8.81. The van der Waals surface area contributed by atoms with E-state index < -0.39 is 24.5 Å². The number of ether oxygens (including phenoxy) is 2. The van der Waals surface area contributed by atoms with Gasteiger partial charge in [0.15, 0.2) is 6.61 Å². The van der Waals surface area contributed by atoms with E-state index in [0.717, 1.165) is 5.56 Å². The van der Waals surface area contributed by atoms with Crippen LogP contribution < -0.4 is 5.32 Å². The average Bonchev–Trinajstić information content (AvgIpc) is 3.17. The van der Waals surface area contributed by atoms with Crippen LogP contribution in [-0.4, -0.2) is 36.0 Å². The zero-order valence-electron chi connectivity index (χ0n) is 15.6. The van der Waals surface area contributed by atoms with Crippen LogP contribution in [0.5, 0.6) is 0 Å². The first-order valence-corrected chi connectivity index (χ1v) is 9.69. The quantitative estimate of drug-likeness (QED) is 0.596. The fourth-order valence-electron chi connectivity index (χ4n) is 2.55. The Hall–Kier alpha value is -3.52. The van der Waals surface area contributed by atoms with Crippen molar-refractivity contribution in [1.82, 2.24) is 4.98 Å². The Morgan fingerprint density at radius 3 is 2.52 bits per heavy atom. The lowest BCUT2D eigenvalue weighted by atomic mass is 10.0. The minimum atomic E-state index is -0.657. The number of hydrogen-bond donors (Lipinski definition) is 1. The Labute approximate surface area is 171 Å². The fraction of sp³-hybridized carbons (Fsp3) is 0.143. The van der Waals surface area contributed by atoms with E-state index in [0.29, 0.717) is 10.6 Å². The molecule has 0 saturated carbocycles. The molecule has 148 valence electrons. The summed E-state index contributed by atoms with van der Waals surface area (Å²) in [7, 11) is 0. The van der Waals surface area contributed by atoms with Crippen LogP contribution in [0.1, 0.15) is 27.6 Å². The van der Waals surface area contributed by atoms with Gasteiger partial charge in [0.05, 0.1) is 12.2 Å². The maximum atomic E-state index is 12.5. The predicted molar refractivity (Wildman–Crippen MR) is 109 cm³/mol. The lowest BCUT2D eigenvalue weighted by Gasteiger charge is -2.09. The Kier molecular flexibility index (Phi) is 6.70. The van der Waals surface area contributed by atoms with E-state index in [2.05, 4.69) is 10.3 Å². The van der Waals surface area contributed by atoms with Crippen LogP contribution in [-0.2, 0) is 14.3 Å². The fourth-order valence-corrected chi connectivity index (χ4v) is 3.52. The molecule has 3 aromatic rings. The summed E-state index contributed by atoms with van der Waals surface area (Å²) in [6.45, 7) is 1.43. The van der Waals surface area contributed by atoms with E-state index in [1.54, 1.807) is 18.4 Å². The smallest absolute Gasteiger partial charge is 0.341 e. The van der Waals surface area contributed by atoms with E-state index >= 15 is 0 Å². The minimum Gasteiger partial charge on any atom is -0.462 e. The lowest BCUT2D eigenvalue weighted by Crippen LogP contribution is -2.21. The number of hydrogen-bond acceptors (Lipinski definition) is 7. The molecule has 1 N–H and O–H groups in total. The summed E-state index contributed by atoms with van der Waals surface area (Å²) < 4.78 is 10.1. The number of aromatic nitrogens is 1. The number of benzene rings is 1. The SMILES string of the molecule is CCOC(=O)c1c(-c2ccccc2)csc1NC(=O)COC(=O)c1cccnc1. The highest BCUT2D eigenvalue weighted by Crippen LogP contribution is 2.36. The highest BCUT2D eigenvalue weighted by atomic mass is 32.1. The number of pyridine rings is 1. The summed E-state index contributed by atoms with van der Waals surface area (Å²) >= 11 is 1.20. The second kappa shape index (κ2) is 9.61. The third kappa shape index (κ3) is 5.05.